The Morgan fingerprint density at radius 3 is 2.52 bits per heavy atom. The van der Waals surface area contributed by atoms with Gasteiger partial charge in [0, 0.05) is 37.1 Å². The molecule has 0 radical (unpaired) electrons. The van der Waals surface area contributed by atoms with Crippen molar-refractivity contribution in [2.45, 2.75) is 6.54 Å². The third kappa shape index (κ3) is 5.25. The number of hydrogen-bond donors (Lipinski definition) is 2. The number of H-pyrrole nitrogens is 1. The lowest BCUT2D eigenvalue weighted by Crippen LogP contribution is -2.34. The Bertz CT molecular complexity index is 546. The van der Waals surface area contributed by atoms with Gasteiger partial charge < -0.3 is 15.6 Å². The van der Waals surface area contributed by atoms with E-state index in [4.69, 9.17) is 17.3 Å². The second-order valence-corrected chi connectivity index (χ2v) is 4.61. The number of amides is 1. The van der Waals surface area contributed by atoms with Crippen molar-refractivity contribution >= 4 is 42.3 Å². The van der Waals surface area contributed by atoms with Crippen molar-refractivity contribution in [1.82, 2.24) is 9.88 Å². The van der Waals surface area contributed by atoms with E-state index in [9.17, 15) is 4.79 Å². The predicted molar refractivity (Wildman–Crippen MR) is 90.5 cm³/mol. The molecule has 0 aliphatic carbocycles. The van der Waals surface area contributed by atoms with Crippen LogP contribution in [-0.2, 0) is 6.54 Å². The highest BCUT2D eigenvalue weighted by Crippen LogP contribution is 2.18. The van der Waals surface area contributed by atoms with Crippen LogP contribution in [0.3, 0.4) is 0 Å². The van der Waals surface area contributed by atoms with Gasteiger partial charge in [0.1, 0.15) is 0 Å². The summed E-state index contributed by atoms with van der Waals surface area (Å²) in [5, 5.41) is 0.659. The fraction of sp³-hybridized carbons (Fsp3) is 0.214. The monoisotopic (exact) mass is 349 g/mol. The maximum absolute atomic E-state index is 12.3. The lowest BCUT2D eigenvalue weighted by molar-refractivity contribution is 0.0748. The number of nitrogens with one attached hydrogen (secondary N) is 1. The summed E-state index contributed by atoms with van der Waals surface area (Å²) >= 11 is 6.12. The molecule has 1 heterocycles. The minimum atomic E-state index is -0.0494. The average Bonchev–Trinajstić information content (AvgIpc) is 2.94. The van der Waals surface area contributed by atoms with Crippen LogP contribution in [0.15, 0.2) is 42.7 Å². The molecule has 4 nitrogen and oxygen atoms in total. The molecule has 0 spiro atoms. The van der Waals surface area contributed by atoms with E-state index in [1.807, 2.05) is 24.3 Å². The lowest BCUT2D eigenvalue weighted by atomic mass is 10.2. The van der Waals surface area contributed by atoms with E-state index in [1.54, 1.807) is 23.4 Å². The minimum Gasteiger partial charge on any atom is -0.367 e. The highest BCUT2D eigenvalue weighted by molar-refractivity contribution is 6.31. The minimum absolute atomic E-state index is 0. The molecule has 0 saturated carbocycles. The summed E-state index contributed by atoms with van der Waals surface area (Å²) in [4.78, 5) is 16.9. The Labute approximate surface area is 141 Å². The van der Waals surface area contributed by atoms with Crippen molar-refractivity contribution in [2.75, 3.05) is 13.1 Å². The maximum Gasteiger partial charge on any atom is 0.255 e. The van der Waals surface area contributed by atoms with Gasteiger partial charge in [-0.3, -0.25) is 4.79 Å². The third-order valence-electron chi connectivity index (χ3n) is 2.85. The van der Waals surface area contributed by atoms with Crippen molar-refractivity contribution in [3.8, 4) is 0 Å². The number of carbonyl (C=O) groups is 1. The molecule has 2 aromatic rings. The molecule has 0 atom stereocenters. The van der Waals surface area contributed by atoms with Gasteiger partial charge >= 0.3 is 0 Å². The number of aromatic nitrogens is 1. The van der Waals surface area contributed by atoms with Crippen molar-refractivity contribution in [2.24, 2.45) is 5.73 Å². The second kappa shape index (κ2) is 9.68. The van der Waals surface area contributed by atoms with Crippen LogP contribution in [0.25, 0.3) is 0 Å². The number of benzene rings is 1. The molecular formula is C14H18Cl3N3O. The van der Waals surface area contributed by atoms with Crippen LogP contribution in [0.2, 0.25) is 5.02 Å². The normalized spacial score (nSPS) is 9.43. The number of aromatic amines is 1. The van der Waals surface area contributed by atoms with Crippen LogP contribution in [0.4, 0.5) is 0 Å². The summed E-state index contributed by atoms with van der Waals surface area (Å²) in [6, 6.07) is 9.25. The molecule has 1 amide bonds. The van der Waals surface area contributed by atoms with Crippen molar-refractivity contribution in [3.63, 3.8) is 0 Å². The highest BCUT2D eigenvalue weighted by Gasteiger charge is 2.16. The van der Waals surface area contributed by atoms with Crippen LogP contribution in [0.5, 0.6) is 0 Å². The molecule has 21 heavy (non-hydrogen) atoms. The van der Waals surface area contributed by atoms with Crippen LogP contribution in [0.1, 0.15) is 15.9 Å². The van der Waals surface area contributed by atoms with Crippen molar-refractivity contribution in [1.29, 1.82) is 0 Å². The summed E-state index contributed by atoms with van der Waals surface area (Å²) in [6.45, 7) is 1.37. The first-order valence-corrected chi connectivity index (χ1v) is 6.45. The zero-order valence-corrected chi connectivity index (χ0v) is 13.7. The summed E-state index contributed by atoms with van der Waals surface area (Å²) in [5.74, 6) is -0.0494. The zero-order chi connectivity index (χ0) is 13.7. The molecule has 0 saturated heterocycles. The van der Waals surface area contributed by atoms with Crippen LogP contribution in [-0.4, -0.2) is 28.9 Å². The lowest BCUT2D eigenvalue weighted by Gasteiger charge is -2.22. The molecule has 1 aromatic carbocycles. The first kappa shape index (κ1) is 19.8. The molecule has 116 valence electrons. The van der Waals surface area contributed by atoms with Crippen LogP contribution >= 0.6 is 36.4 Å². The quantitative estimate of drug-likeness (QED) is 0.870. The highest BCUT2D eigenvalue weighted by atomic mass is 35.5. The SMILES string of the molecule is Cl.Cl.NCCN(Cc1ccccc1Cl)C(=O)c1cc[nH]c1. The number of nitrogens with zero attached hydrogens (tertiary/aromatic N) is 1. The summed E-state index contributed by atoms with van der Waals surface area (Å²) in [7, 11) is 0. The molecular weight excluding hydrogens is 333 g/mol. The number of halogens is 3. The fourth-order valence-electron chi connectivity index (χ4n) is 1.88. The van der Waals surface area contributed by atoms with E-state index >= 15 is 0 Å². The zero-order valence-electron chi connectivity index (χ0n) is 11.3. The molecule has 0 aliphatic rings. The number of hydrogen-bond acceptors (Lipinski definition) is 2. The van der Waals surface area contributed by atoms with Gasteiger partial charge in [0.15, 0.2) is 0 Å². The molecule has 1 aromatic heterocycles. The molecule has 3 N–H and O–H groups in total. The maximum atomic E-state index is 12.3. The number of carbonyl (C=O) groups excluding carboxylic acids is 1. The summed E-state index contributed by atoms with van der Waals surface area (Å²) in [5.41, 5.74) is 7.12. The van der Waals surface area contributed by atoms with Crippen molar-refractivity contribution < 1.29 is 4.79 Å². The van der Waals surface area contributed by atoms with Crippen LogP contribution < -0.4 is 5.73 Å². The smallest absolute Gasteiger partial charge is 0.255 e. The Hall–Kier alpha value is -1.20. The summed E-state index contributed by atoms with van der Waals surface area (Å²) in [6.07, 6.45) is 3.40. The Morgan fingerprint density at radius 2 is 1.95 bits per heavy atom. The molecule has 2 rings (SSSR count). The van der Waals surface area contributed by atoms with Gasteiger partial charge in [-0.15, -0.1) is 24.8 Å². The molecule has 0 unspecified atom stereocenters. The van der Waals surface area contributed by atoms with Gasteiger partial charge in [0.2, 0.25) is 0 Å². The van der Waals surface area contributed by atoms with E-state index in [-0.39, 0.29) is 30.7 Å². The van der Waals surface area contributed by atoms with Gasteiger partial charge in [-0.25, -0.2) is 0 Å². The average molecular weight is 351 g/mol. The van der Waals surface area contributed by atoms with Gasteiger partial charge in [0.25, 0.3) is 5.91 Å². The first-order chi connectivity index (χ1) is 9.22. The van der Waals surface area contributed by atoms with Gasteiger partial charge in [-0.1, -0.05) is 29.8 Å². The second-order valence-electron chi connectivity index (χ2n) is 4.21. The Balaban J connectivity index is 0.00000200. The Morgan fingerprint density at radius 1 is 1.24 bits per heavy atom. The van der Waals surface area contributed by atoms with Gasteiger partial charge in [-0.2, -0.15) is 0 Å². The predicted octanol–water partition coefficient (Wildman–Crippen LogP) is 3.11. The number of nitrogens with two attached hydrogens (primary N) is 1. The van der Waals surface area contributed by atoms with E-state index in [0.717, 1.165) is 5.56 Å². The van der Waals surface area contributed by atoms with Crippen LogP contribution in [0, 0.1) is 0 Å². The van der Waals surface area contributed by atoms with E-state index in [0.29, 0.717) is 30.2 Å². The molecule has 0 fully saturated rings. The largest absolute Gasteiger partial charge is 0.367 e. The fourth-order valence-corrected chi connectivity index (χ4v) is 2.08. The molecule has 7 heteroatoms. The standard InChI is InChI=1S/C14H16ClN3O.2ClH/c15-13-4-2-1-3-12(13)10-18(8-6-16)14(19)11-5-7-17-9-11;;/h1-5,7,9,17H,6,8,10,16H2;2*1H. The summed E-state index contributed by atoms with van der Waals surface area (Å²) < 4.78 is 0. The number of rotatable bonds is 5. The van der Waals surface area contributed by atoms with Gasteiger partial charge in [-0.05, 0) is 17.7 Å². The Kier molecular flexibility index (Phi) is 9.13. The van der Waals surface area contributed by atoms with E-state index < -0.39 is 0 Å². The molecule has 0 bridgehead atoms. The van der Waals surface area contributed by atoms with E-state index in [1.165, 1.54) is 0 Å². The van der Waals surface area contributed by atoms with Crippen molar-refractivity contribution in [3.05, 3.63) is 58.9 Å². The first-order valence-electron chi connectivity index (χ1n) is 6.08. The topological polar surface area (TPSA) is 62.1 Å². The third-order valence-corrected chi connectivity index (χ3v) is 3.22. The molecule has 0 aliphatic heterocycles. The van der Waals surface area contributed by atoms with Gasteiger partial charge in [0.05, 0.1) is 5.56 Å². The van der Waals surface area contributed by atoms with E-state index in [2.05, 4.69) is 4.98 Å².